The van der Waals surface area contributed by atoms with Crippen molar-refractivity contribution >= 4 is 17.3 Å². The number of nitrogen functional groups attached to an aromatic ring is 1. The molecule has 0 fully saturated rings. The number of hydrogen-bond donors (Lipinski definition) is 1. The van der Waals surface area contributed by atoms with E-state index in [1.54, 1.807) is 0 Å². The first-order valence-corrected chi connectivity index (χ1v) is 6.92. The van der Waals surface area contributed by atoms with Crippen LogP contribution < -0.4 is 10.5 Å². The van der Waals surface area contributed by atoms with Crippen molar-refractivity contribution in [3.8, 4) is 5.75 Å². The maximum atomic E-state index is 5.97. The van der Waals surface area contributed by atoms with E-state index >= 15 is 0 Å². The number of likely N-dealkylation sites (N-methyl/N-ethyl adjacent to an activating group) is 1. The SMILES string of the molecule is CN(CCOc1cccc(N)c1)Cc1cccc(Cl)c1. The summed E-state index contributed by atoms with van der Waals surface area (Å²) in [5, 5.41) is 0.770. The van der Waals surface area contributed by atoms with E-state index in [1.807, 2.05) is 42.5 Å². The van der Waals surface area contributed by atoms with Crippen LogP contribution in [-0.2, 0) is 6.54 Å². The fraction of sp³-hybridized carbons (Fsp3) is 0.250. The number of nitrogens with two attached hydrogens (primary N) is 1. The van der Waals surface area contributed by atoms with Gasteiger partial charge in [0, 0.05) is 29.9 Å². The molecule has 3 nitrogen and oxygen atoms in total. The monoisotopic (exact) mass is 290 g/mol. The van der Waals surface area contributed by atoms with Gasteiger partial charge < -0.3 is 10.5 Å². The molecule has 0 atom stereocenters. The topological polar surface area (TPSA) is 38.5 Å². The highest BCUT2D eigenvalue weighted by Crippen LogP contribution is 2.15. The molecule has 0 aromatic heterocycles. The van der Waals surface area contributed by atoms with Crippen LogP contribution in [0.1, 0.15) is 5.56 Å². The largest absolute Gasteiger partial charge is 0.492 e. The third-order valence-electron chi connectivity index (χ3n) is 2.94. The molecule has 0 bridgehead atoms. The molecule has 0 heterocycles. The van der Waals surface area contributed by atoms with Gasteiger partial charge in [0.1, 0.15) is 12.4 Å². The van der Waals surface area contributed by atoms with Gasteiger partial charge in [-0.1, -0.05) is 29.8 Å². The van der Waals surface area contributed by atoms with E-state index in [0.717, 1.165) is 29.5 Å². The third kappa shape index (κ3) is 4.76. The fourth-order valence-electron chi connectivity index (χ4n) is 1.95. The molecule has 0 unspecified atom stereocenters. The summed E-state index contributed by atoms with van der Waals surface area (Å²) >= 11 is 5.97. The Balaban J connectivity index is 1.76. The van der Waals surface area contributed by atoms with Crippen LogP contribution in [0.15, 0.2) is 48.5 Å². The highest BCUT2D eigenvalue weighted by Gasteiger charge is 2.02. The minimum atomic E-state index is 0.626. The quantitative estimate of drug-likeness (QED) is 0.828. The molecule has 2 N–H and O–H groups in total. The standard InChI is InChI=1S/C16H19ClN2O/c1-19(12-13-4-2-5-14(17)10-13)8-9-20-16-7-3-6-15(18)11-16/h2-7,10-11H,8-9,12,18H2,1H3. The first-order valence-electron chi connectivity index (χ1n) is 6.55. The van der Waals surface area contributed by atoms with Crippen LogP contribution in [0, 0.1) is 0 Å². The van der Waals surface area contributed by atoms with Gasteiger partial charge in [0.15, 0.2) is 0 Å². The third-order valence-corrected chi connectivity index (χ3v) is 3.18. The lowest BCUT2D eigenvalue weighted by atomic mass is 10.2. The van der Waals surface area contributed by atoms with Crippen molar-refractivity contribution in [2.45, 2.75) is 6.54 Å². The average molecular weight is 291 g/mol. The Morgan fingerprint density at radius 2 is 1.95 bits per heavy atom. The van der Waals surface area contributed by atoms with Gasteiger partial charge in [0.25, 0.3) is 0 Å². The van der Waals surface area contributed by atoms with E-state index in [1.165, 1.54) is 5.56 Å². The Morgan fingerprint density at radius 1 is 1.15 bits per heavy atom. The second-order valence-corrected chi connectivity index (χ2v) is 5.23. The highest BCUT2D eigenvalue weighted by molar-refractivity contribution is 6.30. The predicted molar refractivity (Wildman–Crippen MR) is 84.1 cm³/mol. The first kappa shape index (κ1) is 14.7. The van der Waals surface area contributed by atoms with Crippen LogP contribution in [0.3, 0.4) is 0 Å². The number of nitrogens with zero attached hydrogens (tertiary/aromatic N) is 1. The average Bonchev–Trinajstić information content (AvgIpc) is 2.38. The van der Waals surface area contributed by atoms with Crippen LogP contribution in [-0.4, -0.2) is 25.1 Å². The lowest BCUT2D eigenvalue weighted by molar-refractivity contribution is 0.233. The molecule has 0 spiro atoms. The van der Waals surface area contributed by atoms with Crippen molar-refractivity contribution in [3.05, 3.63) is 59.1 Å². The van der Waals surface area contributed by atoms with Crippen molar-refractivity contribution in [3.63, 3.8) is 0 Å². The van der Waals surface area contributed by atoms with Crippen molar-refractivity contribution < 1.29 is 4.74 Å². The minimum Gasteiger partial charge on any atom is -0.492 e. The van der Waals surface area contributed by atoms with E-state index in [2.05, 4.69) is 18.0 Å². The van der Waals surface area contributed by atoms with Gasteiger partial charge in [-0.15, -0.1) is 0 Å². The predicted octanol–water partition coefficient (Wildman–Crippen LogP) is 3.43. The molecule has 0 aliphatic rings. The molecular formula is C16H19ClN2O. The van der Waals surface area contributed by atoms with Gasteiger partial charge >= 0.3 is 0 Å². The summed E-state index contributed by atoms with van der Waals surface area (Å²) in [4.78, 5) is 2.19. The highest BCUT2D eigenvalue weighted by atomic mass is 35.5. The normalized spacial score (nSPS) is 10.8. The summed E-state index contributed by atoms with van der Waals surface area (Å²) in [5.74, 6) is 0.807. The Labute approximate surface area is 124 Å². The lowest BCUT2D eigenvalue weighted by Crippen LogP contribution is -2.23. The number of hydrogen-bond acceptors (Lipinski definition) is 3. The smallest absolute Gasteiger partial charge is 0.121 e. The molecule has 0 aliphatic heterocycles. The molecular weight excluding hydrogens is 272 g/mol. The molecule has 4 heteroatoms. The van der Waals surface area contributed by atoms with Crippen molar-refractivity contribution in [2.24, 2.45) is 0 Å². The maximum Gasteiger partial charge on any atom is 0.121 e. The summed E-state index contributed by atoms with van der Waals surface area (Å²) in [7, 11) is 2.06. The molecule has 2 aromatic rings. The number of benzene rings is 2. The van der Waals surface area contributed by atoms with E-state index in [9.17, 15) is 0 Å². The molecule has 0 saturated carbocycles. The van der Waals surface area contributed by atoms with E-state index in [0.29, 0.717) is 6.61 Å². The van der Waals surface area contributed by atoms with Crippen LogP contribution in [0.5, 0.6) is 5.75 Å². The molecule has 0 aliphatic carbocycles. The lowest BCUT2D eigenvalue weighted by Gasteiger charge is -2.17. The summed E-state index contributed by atoms with van der Waals surface area (Å²) in [6.45, 7) is 2.31. The number of halogens is 1. The second-order valence-electron chi connectivity index (χ2n) is 4.79. The van der Waals surface area contributed by atoms with Crippen LogP contribution in [0.2, 0.25) is 5.02 Å². The minimum absolute atomic E-state index is 0.626. The molecule has 106 valence electrons. The number of ether oxygens (including phenoxy) is 1. The Kier molecular flexibility index (Phi) is 5.27. The van der Waals surface area contributed by atoms with E-state index in [4.69, 9.17) is 22.1 Å². The summed E-state index contributed by atoms with van der Waals surface area (Å²) in [6, 6.07) is 15.4. The van der Waals surface area contributed by atoms with E-state index in [-0.39, 0.29) is 0 Å². The molecule has 0 saturated heterocycles. The number of rotatable bonds is 6. The van der Waals surface area contributed by atoms with Gasteiger partial charge in [-0.25, -0.2) is 0 Å². The summed E-state index contributed by atoms with van der Waals surface area (Å²) in [5.41, 5.74) is 7.62. The zero-order valence-electron chi connectivity index (χ0n) is 11.6. The van der Waals surface area contributed by atoms with E-state index < -0.39 is 0 Å². The molecule has 0 radical (unpaired) electrons. The fourth-order valence-corrected chi connectivity index (χ4v) is 2.16. The first-order chi connectivity index (χ1) is 9.63. The molecule has 0 amide bonds. The van der Waals surface area contributed by atoms with Crippen molar-refractivity contribution in [2.75, 3.05) is 25.9 Å². The van der Waals surface area contributed by atoms with Gasteiger partial charge in [0.05, 0.1) is 0 Å². The zero-order chi connectivity index (χ0) is 14.4. The summed E-state index contributed by atoms with van der Waals surface area (Å²) < 4.78 is 5.67. The molecule has 2 rings (SSSR count). The number of anilines is 1. The van der Waals surface area contributed by atoms with Crippen LogP contribution in [0.4, 0.5) is 5.69 Å². The maximum absolute atomic E-state index is 5.97. The Hall–Kier alpha value is -1.71. The van der Waals surface area contributed by atoms with Crippen molar-refractivity contribution in [1.29, 1.82) is 0 Å². The Bertz CT molecular complexity index is 560. The van der Waals surface area contributed by atoms with Crippen molar-refractivity contribution in [1.82, 2.24) is 4.90 Å². The van der Waals surface area contributed by atoms with Gasteiger partial charge in [0.2, 0.25) is 0 Å². The van der Waals surface area contributed by atoms with Gasteiger partial charge in [-0.05, 0) is 36.9 Å². The van der Waals surface area contributed by atoms with Crippen LogP contribution >= 0.6 is 11.6 Å². The second kappa shape index (κ2) is 7.17. The van der Waals surface area contributed by atoms with Crippen LogP contribution in [0.25, 0.3) is 0 Å². The molecule has 20 heavy (non-hydrogen) atoms. The Morgan fingerprint density at radius 3 is 2.70 bits per heavy atom. The van der Waals surface area contributed by atoms with Gasteiger partial charge in [-0.2, -0.15) is 0 Å². The summed E-state index contributed by atoms with van der Waals surface area (Å²) in [6.07, 6.45) is 0. The van der Waals surface area contributed by atoms with Gasteiger partial charge in [-0.3, -0.25) is 4.90 Å². The molecule has 2 aromatic carbocycles. The zero-order valence-corrected chi connectivity index (χ0v) is 12.3.